The van der Waals surface area contributed by atoms with E-state index in [-0.39, 0.29) is 11.3 Å². The van der Waals surface area contributed by atoms with E-state index >= 15 is 0 Å². The molecule has 26 heavy (non-hydrogen) atoms. The minimum Gasteiger partial charge on any atom is -0.273 e. The average Bonchev–Trinajstić information content (AvgIpc) is 2.96. The number of barbiturate groups is 1. The van der Waals surface area contributed by atoms with E-state index in [1.165, 1.54) is 23.5 Å². The number of nitrogens with one attached hydrogen (secondary N) is 1. The molecule has 1 aromatic heterocycles. The number of aryl methyl sites for hydroxylation is 1. The van der Waals surface area contributed by atoms with Crippen LogP contribution < -0.4 is 10.2 Å². The van der Waals surface area contributed by atoms with Crippen molar-refractivity contribution < 1.29 is 27.6 Å². The Morgan fingerprint density at radius 2 is 1.85 bits per heavy atom. The minimum atomic E-state index is -4.63. The third-order valence-electron chi connectivity index (χ3n) is 3.58. The van der Waals surface area contributed by atoms with E-state index in [1.807, 2.05) is 12.2 Å². The molecule has 0 radical (unpaired) electrons. The number of rotatable bonds is 2. The Morgan fingerprint density at radius 1 is 1.12 bits per heavy atom. The van der Waals surface area contributed by atoms with Crippen LogP contribution in [0.15, 0.2) is 42.0 Å². The number of imide groups is 2. The molecule has 4 amide bonds. The highest BCUT2D eigenvalue weighted by Crippen LogP contribution is 2.32. The van der Waals surface area contributed by atoms with Gasteiger partial charge in [-0.15, -0.1) is 11.3 Å². The van der Waals surface area contributed by atoms with Crippen LogP contribution in [0.1, 0.15) is 15.3 Å². The first kappa shape index (κ1) is 17.9. The van der Waals surface area contributed by atoms with Gasteiger partial charge in [0.15, 0.2) is 0 Å². The monoisotopic (exact) mass is 380 g/mol. The lowest BCUT2D eigenvalue weighted by molar-refractivity contribution is -0.137. The van der Waals surface area contributed by atoms with Gasteiger partial charge in [0, 0.05) is 9.75 Å². The number of hydrogen-bond donors (Lipinski definition) is 1. The van der Waals surface area contributed by atoms with Crippen LogP contribution in [0.5, 0.6) is 0 Å². The van der Waals surface area contributed by atoms with Gasteiger partial charge in [0.05, 0.1) is 11.3 Å². The minimum absolute atomic E-state index is 0.275. The van der Waals surface area contributed by atoms with Crippen molar-refractivity contribution in [2.75, 3.05) is 4.90 Å². The Morgan fingerprint density at radius 3 is 2.46 bits per heavy atom. The molecule has 1 N–H and O–H groups in total. The molecule has 3 rings (SSSR count). The maximum atomic E-state index is 12.9. The summed E-state index contributed by atoms with van der Waals surface area (Å²) in [6, 6.07) is 6.17. The smallest absolute Gasteiger partial charge is 0.273 e. The first-order valence-electron chi connectivity index (χ1n) is 7.32. The highest BCUT2D eigenvalue weighted by Gasteiger charge is 2.38. The maximum absolute atomic E-state index is 12.9. The fraction of sp³-hybridized carbons (Fsp3) is 0.118. The van der Waals surface area contributed by atoms with Gasteiger partial charge in [0.25, 0.3) is 11.8 Å². The molecule has 2 heterocycles. The highest BCUT2D eigenvalue weighted by atomic mass is 32.1. The number of carbonyl (C=O) groups is 3. The highest BCUT2D eigenvalue weighted by molar-refractivity contribution is 7.12. The van der Waals surface area contributed by atoms with Crippen LogP contribution >= 0.6 is 11.3 Å². The van der Waals surface area contributed by atoms with Crippen molar-refractivity contribution in [2.45, 2.75) is 13.1 Å². The molecule has 0 saturated carbocycles. The van der Waals surface area contributed by atoms with E-state index in [9.17, 15) is 27.6 Å². The quantitative estimate of drug-likeness (QED) is 0.638. The van der Waals surface area contributed by atoms with Crippen molar-refractivity contribution in [3.8, 4) is 0 Å². The Bertz CT molecular complexity index is 947. The fourth-order valence-corrected chi connectivity index (χ4v) is 3.21. The van der Waals surface area contributed by atoms with Gasteiger partial charge in [0.2, 0.25) is 0 Å². The van der Waals surface area contributed by atoms with Crippen molar-refractivity contribution in [2.24, 2.45) is 0 Å². The van der Waals surface area contributed by atoms with E-state index in [2.05, 4.69) is 0 Å². The molecule has 0 aliphatic carbocycles. The van der Waals surface area contributed by atoms with E-state index in [4.69, 9.17) is 0 Å². The predicted octanol–water partition coefficient (Wildman–Crippen LogP) is 3.74. The third-order valence-corrected chi connectivity index (χ3v) is 4.53. The number of thiophene rings is 1. The van der Waals surface area contributed by atoms with Gasteiger partial charge < -0.3 is 0 Å². The van der Waals surface area contributed by atoms with Gasteiger partial charge in [-0.25, -0.2) is 9.69 Å². The number of hydrogen-bond acceptors (Lipinski definition) is 4. The Hall–Kier alpha value is -2.94. The van der Waals surface area contributed by atoms with E-state index in [0.29, 0.717) is 15.8 Å². The predicted molar refractivity (Wildman–Crippen MR) is 89.5 cm³/mol. The molecule has 2 aromatic rings. The van der Waals surface area contributed by atoms with Crippen molar-refractivity contribution in [1.29, 1.82) is 0 Å². The number of nitrogens with zero attached hydrogens (tertiary/aromatic N) is 1. The summed E-state index contributed by atoms with van der Waals surface area (Å²) in [7, 11) is 0. The normalized spacial score (nSPS) is 17.0. The molecule has 1 aliphatic heterocycles. The van der Waals surface area contributed by atoms with Gasteiger partial charge in [-0.2, -0.15) is 13.2 Å². The van der Waals surface area contributed by atoms with Crippen LogP contribution in [0.3, 0.4) is 0 Å². The number of halogens is 3. The fourth-order valence-electron chi connectivity index (χ4n) is 2.39. The van der Waals surface area contributed by atoms with Crippen LogP contribution in [0, 0.1) is 6.92 Å². The van der Waals surface area contributed by atoms with E-state index < -0.39 is 29.6 Å². The summed E-state index contributed by atoms with van der Waals surface area (Å²) in [6.45, 7) is 1.84. The molecule has 1 fully saturated rings. The average molecular weight is 380 g/mol. The lowest BCUT2D eigenvalue weighted by atomic mass is 10.1. The molecule has 0 unspecified atom stereocenters. The van der Waals surface area contributed by atoms with Crippen LogP contribution in [0.4, 0.5) is 23.7 Å². The van der Waals surface area contributed by atoms with Crippen molar-refractivity contribution in [1.82, 2.24) is 5.32 Å². The first-order valence-corrected chi connectivity index (χ1v) is 8.13. The second-order valence-corrected chi connectivity index (χ2v) is 6.77. The molecule has 0 atom stereocenters. The van der Waals surface area contributed by atoms with Gasteiger partial charge in [0.1, 0.15) is 5.57 Å². The molecule has 1 aliphatic rings. The Labute approximate surface area is 149 Å². The largest absolute Gasteiger partial charge is 0.416 e. The summed E-state index contributed by atoms with van der Waals surface area (Å²) in [5, 5.41) is 1.98. The third kappa shape index (κ3) is 3.38. The molecule has 1 aromatic carbocycles. The molecular formula is C17H11F3N2O3S. The molecule has 0 bridgehead atoms. The SMILES string of the molecule is Cc1ccc(C=C2C(=O)NC(=O)N(c3cccc(C(F)(F)F)c3)C2=O)s1. The topological polar surface area (TPSA) is 66.5 Å². The van der Waals surface area contributed by atoms with E-state index in [0.717, 1.165) is 17.0 Å². The van der Waals surface area contributed by atoms with Crippen LogP contribution in [-0.2, 0) is 15.8 Å². The van der Waals surface area contributed by atoms with Crippen molar-refractivity contribution in [3.63, 3.8) is 0 Å². The number of alkyl halides is 3. The van der Waals surface area contributed by atoms with Crippen LogP contribution in [0.25, 0.3) is 6.08 Å². The zero-order valence-corrected chi connectivity index (χ0v) is 14.1. The van der Waals surface area contributed by atoms with Crippen LogP contribution in [0.2, 0.25) is 0 Å². The summed E-state index contributed by atoms with van der Waals surface area (Å²) in [4.78, 5) is 38.7. The lowest BCUT2D eigenvalue weighted by Crippen LogP contribution is -2.54. The molecular weight excluding hydrogens is 369 g/mol. The summed E-state index contributed by atoms with van der Waals surface area (Å²) in [5.74, 6) is -1.88. The summed E-state index contributed by atoms with van der Waals surface area (Å²) >= 11 is 1.33. The van der Waals surface area contributed by atoms with Gasteiger partial charge in [-0.05, 0) is 43.3 Å². The number of benzene rings is 1. The van der Waals surface area contributed by atoms with E-state index in [1.54, 1.807) is 12.1 Å². The second-order valence-electron chi connectivity index (χ2n) is 5.45. The molecule has 9 heteroatoms. The first-order chi connectivity index (χ1) is 12.2. The standard InChI is InChI=1S/C17H11F3N2O3S/c1-9-5-6-12(26-9)8-13-14(23)21-16(25)22(15(13)24)11-4-2-3-10(7-11)17(18,19)20/h2-8H,1H3,(H,21,23,25). The van der Waals surface area contributed by atoms with Crippen molar-refractivity contribution in [3.05, 3.63) is 57.3 Å². The number of amides is 4. The van der Waals surface area contributed by atoms with Gasteiger partial charge in [-0.1, -0.05) is 6.07 Å². The van der Waals surface area contributed by atoms with Gasteiger partial charge in [-0.3, -0.25) is 14.9 Å². The summed E-state index contributed by atoms with van der Waals surface area (Å²) in [5.41, 5.74) is -1.61. The molecule has 0 spiro atoms. The Kier molecular flexibility index (Phi) is 4.41. The number of carbonyl (C=O) groups excluding carboxylic acids is 3. The molecule has 134 valence electrons. The van der Waals surface area contributed by atoms with Crippen molar-refractivity contribution >= 4 is 40.9 Å². The summed E-state index contributed by atoms with van der Waals surface area (Å²) in [6.07, 6.45) is -3.32. The number of urea groups is 1. The van der Waals surface area contributed by atoms with Crippen LogP contribution in [-0.4, -0.2) is 17.8 Å². The molecule has 5 nitrogen and oxygen atoms in total. The maximum Gasteiger partial charge on any atom is 0.416 e. The zero-order chi connectivity index (χ0) is 19.1. The molecule has 1 saturated heterocycles. The number of anilines is 1. The Balaban J connectivity index is 2.02. The summed E-state index contributed by atoms with van der Waals surface area (Å²) < 4.78 is 38.7. The zero-order valence-electron chi connectivity index (χ0n) is 13.3. The van der Waals surface area contributed by atoms with Gasteiger partial charge >= 0.3 is 12.2 Å². The second kappa shape index (κ2) is 6.41. The lowest BCUT2D eigenvalue weighted by Gasteiger charge is -2.26.